The Kier molecular flexibility index (Phi) is 4.55. The van der Waals surface area contributed by atoms with E-state index >= 15 is 0 Å². The third-order valence-electron chi connectivity index (χ3n) is 5.13. The molecule has 0 saturated carbocycles. The first-order chi connectivity index (χ1) is 12.3. The van der Waals surface area contributed by atoms with E-state index in [4.69, 9.17) is 14.5 Å². The second-order valence-electron chi connectivity index (χ2n) is 6.60. The Hall–Kier alpha value is -2.17. The molecule has 2 aromatic carbocycles. The standard InChI is InChI=1S/C21H24N2O2/c1-15-20(18-5-3-4-6-19(18)22-15)21(23-11-13-25-14-12-23)16-7-9-17(24-2)10-8-16/h3-10,15,21H,11-14H2,1-2H3. The van der Waals surface area contributed by atoms with Gasteiger partial charge >= 0.3 is 0 Å². The van der Waals surface area contributed by atoms with Crippen LogP contribution in [-0.2, 0) is 4.74 Å². The van der Waals surface area contributed by atoms with Gasteiger partial charge in [0, 0.05) is 18.3 Å². The van der Waals surface area contributed by atoms with Gasteiger partial charge in [-0.2, -0.15) is 0 Å². The summed E-state index contributed by atoms with van der Waals surface area (Å²) < 4.78 is 10.9. The first kappa shape index (κ1) is 16.3. The fourth-order valence-electron chi connectivity index (χ4n) is 3.92. The van der Waals surface area contributed by atoms with Crippen molar-refractivity contribution in [3.8, 4) is 5.75 Å². The topological polar surface area (TPSA) is 34.1 Å². The zero-order chi connectivity index (χ0) is 17.2. The SMILES string of the molecule is COc1ccc(C(C2=c3ccccc3=NC2C)N2CCOCC2)cc1. The van der Waals surface area contributed by atoms with E-state index in [1.807, 2.05) is 12.1 Å². The lowest BCUT2D eigenvalue weighted by Crippen LogP contribution is -2.41. The maximum absolute atomic E-state index is 5.59. The quantitative estimate of drug-likeness (QED) is 0.856. The molecule has 1 fully saturated rings. The monoisotopic (exact) mass is 336 g/mol. The Morgan fingerprint density at radius 1 is 1.08 bits per heavy atom. The number of morpholine rings is 1. The number of ether oxygens (including phenoxy) is 2. The minimum atomic E-state index is 0.187. The maximum Gasteiger partial charge on any atom is 0.118 e. The number of nitrogens with zero attached hydrogens (tertiary/aromatic N) is 2. The number of hydrogen-bond donors (Lipinski definition) is 0. The molecule has 0 radical (unpaired) electrons. The molecule has 2 aromatic rings. The largest absolute Gasteiger partial charge is 0.497 e. The molecule has 0 N–H and O–H groups in total. The Morgan fingerprint density at radius 3 is 2.52 bits per heavy atom. The fourth-order valence-corrected chi connectivity index (χ4v) is 3.92. The summed E-state index contributed by atoms with van der Waals surface area (Å²) in [5.74, 6) is 0.888. The highest BCUT2D eigenvalue weighted by Crippen LogP contribution is 2.34. The molecule has 4 nitrogen and oxygen atoms in total. The molecular weight excluding hydrogens is 312 g/mol. The van der Waals surface area contributed by atoms with Crippen molar-refractivity contribution in [2.75, 3.05) is 33.4 Å². The molecule has 0 spiro atoms. The van der Waals surface area contributed by atoms with Gasteiger partial charge in [0.15, 0.2) is 0 Å². The average molecular weight is 336 g/mol. The van der Waals surface area contributed by atoms with Crippen molar-refractivity contribution >= 4 is 5.57 Å². The van der Waals surface area contributed by atoms with Crippen LogP contribution in [0.25, 0.3) is 5.57 Å². The van der Waals surface area contributed by atoms with E-state index in [-0.39, 0.29) is 12.1 Å². The zero-order valence-electron chi connectivity index (χ0n) is 14.8. The zero-order valence-corrected chi connectivity index (χ0v) is 14.8. The van der Waals surface area contributed by atoms with Crippen LogP contribution in [0.5, 0.6) is 5.75 Å². The van der Waals surface area contributed by atoms with E-state index < -0.39 is 0 Å². The van der Waals surface area contributed by atoms with E-state index in [1.165, 1.54) is 16.4 Å². The molecule has 1 saturated heterocycles. The van der Waals surface area contributed by atoms with Crippen molar-refractivity contribution < 1.29 is 9.47 Å². The van der Waals surface area contributed by atoms with Gasteiger partial charge in [-0.3, -0.25) is 9.89 Å². The Labute approximate surface area is 148 Å². The van der Waals surface area contributed by atoms with Crippen LogP contribution < -0.4 is 15.3 Å². The van der Waals surface area contributed by atoms with Gasteiger partial charge in [-0.15, -0.1) is 0 Å². The molecule has 0 aliphatic carbocycles. The summed E-state index contributed by atoms with van der Waals surface area (Å²) in [7, 11) is 1.71. The summed E-state index contributed by atoms with van der Waals surface area (Å²) in [4.78, 5) is 7.41. The molecule has 4 heteroatoms. The first-order valence-corrected chi connectivity index (χ1v) is 8.90. The van der Waals surface area contributed by atoms with Gasteiger partial charge in [-0.05, 0) is 36.3 Å². The van der Waals surface area contributed by atoms with Crippen molar-refractivity contribution in [2.24, 2.45) is 4.99 Å². The predicted molar refractivity (Wildman–Crippen MR) is 98.2 cm³/mol. The number of benzene rings is 2. The van der Waals surface area contributed by atoms with Crippen LogP contribution in [0.2, 0.25) is 0 Å². The molecule has 0 aromatic heterocycles. The number of methoxy groups -OCH3 is 1. The van der Waals surface area contributed by atoms with E-state index in [1.54, 1.807) is 7.11 Å². The Bertz CT molecular complexity index is 854. The van der Waals surface area contributed by atoms with Crippen LogP contribution in [-0.4, -0.2) is 44.4 Å². The maximum atomic E-state index is 5.59. The number of para-hydroxylation sites is 1. The van der Waals surface area contributed by atoms with Gasteiger partial charge in [0.1, 0.15) is 5.75 Å². The second-order valence-corrected chi connectivity index (χ2v) is 6.60. The predicted octanol–water partition coefficient (Wildman–Crippen LogP) is 1.94. The van der Waals surface area contributed by atoms with Crippen molar-refractivity contribution in [1.82, 2.24) is 4.90 Å². The van der Waals surface area contributed by atoms with Crippen molar-refractivity contribution in [3.63, 3.8) is 0 Å². The highest BCUT2D eigenvalue weighted by Gasteiger charge is 2.31. The minimum absolute atomic E-state index is 0.187. The summed E-state index contributed by atoms with van der Waals surface area (Å²) in [6, 6.07) is 17.4. The van der Waals surface area contributed by atoms with E-state index in [9.17, 15) is 0 Å². The van der Waals surface area contributed by atoms with Gasteiger partial charge in [0.25, 0.3) is 0 Å². The van der Waals surface area contributed by atoms with Crippen LogP contribution >= 0.6 is 0 Å². The van der Waals surface area contributed by atoms with Gasteiger partial charge in [0.05, 0.1) is 37.8 Å². The highest BCUT2D eigenvalue weighted by molar-refractivity contribution is 5.61. The molecule has 2 atom stereocenters. The molecule has 2 aliphatic heterocycles. The minimum Gasteiger partial charge on any atom is -0.497 e. The van der Waals surface area contributed by atoms with Gasteiger partial charge in [-0.1, -0.05) is 30.3 Å². The lowest BCUT2D eigenvalue weighted by Gasteiger charge is -2.36. The van der Waals surface area contributed by atoms with Crippen LogP contribution in [0.4, 0.5) is 0 Å². The van der Waals surface area contributed by atoms with E-state index in [0.717, 1.165) is 37.4 Å². The fraction of sp³-hybridized carbons (Fsp3) is 0.381. The molecule has 0 bridgehead atoms. The Balaban J connectivity index is 1.85. The molecule has 4 rings (SSSR count). The highest BCUT2D eigenvalue weighted by atomic mass is 16.5. The van der Waals surface area contributed by atoms with Crippen molar-refractivity contribution in [2.45, 2.75) is 19.0 Å². The summed E-state index contributed by atoms with van der Waals surface area (Å²) in [5, 5.41) is 2.39. The molecule has 2 heterocycles. The molecule has 25 heavy (non-hydrogen) atoms. The molecular formula is C21H24N2O2. The van der Waals surface area contributed by atoms with Crippen LogP contribution in [0.3, 0.4) is 0 Å². The average Bonchev–Trinajstić information content (AvgIpc) is 3.00. The summed E-state index contributed by atoms with van der Waals surface area (Å²) in [5.41, 5.74) is 2.68. The van der Waals surface area contributed by atoms with Crippen molar-refractivity contribution in [1.29, 1.82) is 0 Å². The number of hydrogen-bond acceptors (Lipinski definition) is 4. The van der Waals surface area contributed by atoms with Crippen molar-refractivity contribution in [3.05, 3.63) is 64.7 Å². The Morgan fingerprint density at radius 2 is 1.80 bits per heavy atom. The third kappa shape index (κ3) is 3.08. The lowest BCUT2D eigenvalue weighted by atomic mass is 9.91. The normalized spacial score (nSPS) is 21.5. The molecule has 2 unspecified atom stereocenters. The molecule has 0 amide bonds. The summed E-state index contributed by atoms with van der Waals surface area (Å²) in [6.07, 6.45) is 0. The van der Waals surface area contributed by atoms with E-state index in [0.29, 0.717) is 0 Å². The van der Waals surface area contributed by atoms with Gasteiger partial charge in [-0.25, -0.2) is 0 Å². The smallest absolute Gasteiger partial charge is 0.118 e. The van der Waals surface area contributed by atoms with Gasteiger partial charge < -0.3 is 9.47 Å². The lowest BCUT2D eigenvalue weighted by molar-refractivity contribution is 0.0263. The summed E-state index contributed by atoms with van der Waals surface area (Å²) >= 11 is 0. The van der Waals surface area contributed by atoms with Gasteiger partial charge in [0.2, 0.25) is 0 Å². The van der Waals surface area contributed by atoms with Crippen LogP contribution in [0, 0.1) is 0 Å². The van der Waals surface area contributed by atoms with Crippen LogP contribution in [0.15, 0.2) is 53.5 Å². The van der Waals surface area contributed by atoms with Crippen LogP contribution in [0.1, 0.15) is 18.5 Å². The molecule has 2 aliphatic rings. The number of fused-ring (bicyclic) bond motifs is 1. The summed E-state index contributed by atoms with van der Waals surface area (Å²) in [6.45, 7) is 5.65. The molecule has 130 valence electrons. The van der Waals surface area contributed by atoms with E-state index in [2.05, 4.69) is 48.2 Å². The first-order valence-electron chi connectivity index (χ1n) is 8.90. The second kappa shape index (κ2) is 6.98. The third-order valence-corrected chi connectivity index (χ3v) is 5.13. The number of rotatable bonds is 4.